The summed E-state index contributed by atoms with van der Waals surface area (Å²) in [5.41, 5.74) is 2.52. The van der Waals surface area contributed by atoms with Crippen molar-refractivity contribution >= 4 is 33.5 Å². The van der Waals surface area contributed by atoms with Crippen LogP contribution in [-0.4, -0.2) is 39.2 Å². The Hall–Kier alpha value is -2.45. The quantitative estimate of drug-likeness (QED) is 0.590. The molecular formula is C13H13N5O2S. The van der Waals surface area contributed by atoms with Crippen molar-refractivity contribution in [1.29, 1.82) is 0 Å². The zero-order valence-corrected chi connectivity index (χ0v) is 11.8. The first-order valence-corrected chi connectivity index (χ1v) is 7.19. The molecular weight excluding hydrogens is 290 g/mol. The third-order valence-corrected chi connectivity index (χ3v) is 3.61. The number of rotatable bonds is 4. The van der Waals surface area contributed by atoms with Crippen molar-refractivity contribution in [3.63, 3.8) is 0 Å². The predicted octanol–water partition coefficient (Wildman–Crippen LogP) is 1.80. The number of hydrogen-bond acceptors (Lipinski definition) is 5. The van der Waals surface area contributed by atoms with Gasteiger partial charge >= 0.3 is 6.03 Å². The number of carbonyl (C=O) groups excluding carboxylic acids is 1. The summed E-state index contributed by atoms with van der Waals surface area (Å²) in [5.74, 6) is 0. The number of hydrogen-bond donors (Lipinski definition) is 4. The summed E-state index contributed by atoms with van der Waals surface area (Å²) in [6.45, 7) is 0.108. The first kappa shape index (κ1) is 13.5. The zero-order chi connectivity index (χ0) is 14.7. The number of aliphatic hydroxyl groups is 1. The molecule has 2 amide bonds. The fourth-order valence-electron chi connectivity index (χ4n) is 1.93. The van der Waals surface area contributed by atoms with E-state index < -0.39 is 0 Å². The summed E-state index contributed by atoms with van der Waals surface area (Å²) in [6, 6.07) is 3.45. The van der Waals surface area contributed by atoms with E-state index in [0.29, 0.717) is 5.13 Å². The second kappa shape index (κ2) is 5.90. The maximum Gasteiger partial charge on any atom is 0.321 e. The first-order chi connectivity index (χ1) is 10.3. The van der Waals surface area contributed by atoms with Gasteiger partial charge in [-0.1, -0.05) is 0 Å². The highest BCUT2D eigenvalue weighted by Gasteiger charge is 2.11. The lowest BCUT2D eigenvalue weighted by Crippen LogP contribution is -2.30. The van der Waals surface area contributed by atoms with Crippen LogP contribution in [0, 0.1) is 0 Å². The van der Waals surface area contributed by atoms with E-state index in [1.54, 1.807) is 6.20 Å². The molecule has 4 N–H and O–H groups in total. The summed E-state index contributed by atoms with van der Waals surface area (Å²) < 4.78 is 0. The lowest BCUT2D eigenvalue weighted by atomic mass is 10.2. The summed E-state index contributed by atoms with van der Waals surface area (Å²) >= 11 is 1.34. The third kappa shape index (κ3) is 2.86. The molecule has 0 aliphatic heterocycles. The number of aliphatic hydroxyl groups excluding tert-OH is 1. The van der Waals surface area contributed by atoms with Gasteiger partial charge < -0.3 is 15.4 Å². The monoisotopic (exact) mass is 303 g/mol. The Labute approximate surface area is 124 Å². The fraction of sp³-hybridized carbons (Fsp3) is 0.154. The molecule has 21 heavy (non-hydrogen) atoms. The van der Waals surface area contributed by atoms with Crippen molar-refractivity contribution < 1.29 is 9.90 Å². The first-order valence-electron chi connectivity index (χ1n) is 6.31. The van der Waals surface area contributed by atoms with Gasteiger partial charge in [-0.3, -0.25) is 5.32 Å². The molecule has 0 atom stereocenters. The van der Waals surface area contributed by atoms with Gasteiger partial charge in [0.1, 0.15) is 5.65 Å². The number of anilines is 1. The number of H-pyrrole nitrogens is 1. The largest absolute Gasteiger partial charge is 0.395 e. The number of urea groups is 1. The average Bonchev–Trinajstić information content (AvgIpc) is 3.11. The summed E-state index contributed by atoms with van der Waals surface area (Å²) in [5, 5.41) is 17.1. The number of nitrogens with one attached hydrogen (secondary N) is 3. The van der Waals surface area contributed by atoms with Gasteiger partial charge in [0, 0.05) is 35.3 Å². The Morgan fingerprint density at radius 1 is 1.48 bits per heavy atom. The standard InChI is InChI=1S/C13H13N5O2S/c19-5-4-15-12(20)18-13-17-10(7-21-13)9-6-16-11-8(9)2-1-3-14-11/h1-3,6-7,19H,4-5H2,(H,14,16)(H2,15,17,18,20). The van der Waals surface area contributed by atoms with Crippen LogP contribution in [0.15, 0.2) is 29.9 Å². The number of amides is 2. The Morgan fingerprint density at radius 2 is 2.38 bits per heavy atom. The topological polar surface area (TPSA) is 103 Å². The van der Waals surface area contributed by atoms with Crippen molar-refractivity contribution in [3.8, 4) is 11.3 Å². The molecule has 3 heterocycles. The van der Waals surface area contributed by atoms with Gasteiger partial charge in [-0.25, -0.2) is 14.8 Å². The van der Waals surface area contributed by atoms with Crippen LogP contribution in [-0.2, 0) is 0 Å². The van der Waals surface area contributed by atoms with Gasteiger partial charge in [0.05, 0.1) is 12.3 Å². The summed E-state index contributed by atoms with van der Waals surface area (Å²) in [7, 11) is 0. The van der Waals surface area contributed by atoms with Crippen LogP contribution in [0.25, 0.3) is 22.3 Å². The van der Waals surface area contributed by atoms with Gasteiger partial charge in [0.25, 0.3) is 0 Å². The van der Waals surface area contributed by atoms with Gasteiger partial charge in [-0.15, -0.1) is 11.3 Å². The minimum atomic E-state index is -0.384. The van der Waals surface area contributed by atoms with Crippen molar-refractivity contribution in [1.82, 2.24) is 20.3 Å². The van der Waals surface area contributed by atoms with E-state index in [2.05, 4.69) is 25.6 Å². The van der Waals surface area contributed by atoms with Crippen LogP contribution in [0.4, 0.5) is 9.93 Å². The SMILES string of the molecule is O=C(NCCO)Nc1nc(-c2c[nH]c3ncccc23)cs1. The van der Waals surface area contributed by atoms with Gasteiger partial charge in [-0.2, -0.15) is 0 Å². The Bertz CT molecular complexity index is 767. The molecule has 0 radical (unpaired) electrons. The molecule has 7 nitrogen and oxygen atoms in total. The van der Waals surface area contributed by atoms with Crippen LogP contribution >= 0.6 is 11.3 Å². The zero-order valence-electron chi connectivity index (χ0n) is 11.0. The normalized spacial score (nSPS) is 10.7. The predicted molar refractivity (Wildman–Crippen MR) is 81.3 cm³/mol. The van der Waals surface area contributed by atoms with E-state index in [4.69, 9.17) is 5.11 Å². The van der Waals surface area contributed by atoms with E-state index in [1.165, 1.54) is 11.3 Å². The Balaban J connectivity index is 1.80. The molecule has 0 aliphatic rings. The van der Waals surface area contributed by atoms with Gasteiger partial charge in [-0.05, 0) is 12.1 Å². The maximum absolute atomic E-state index is 11.5. The van der Waals surface area contributed by atoms with Crippen molar-refractivity contribution in [2.45, 2.75) is 0 Å². The van der Waals surface area contributed by atoms with Crippen molar-refractivity contribution in [2.75, 3.05) is 18.5 Å². The highest BCUT2D eigenvalue weighted by molar-refractivity contribution is 7.14. The summed E-state index contributed by atoms with van der Waals surface area (Å²) in [6.07, 6.45) is 3.57. The average molecular weight is 303 g/mol. The van der Waals surface area contributed by atoms with E-state index in [1.807, 2.05) is 23.7 Å². The van der Waals surface area contributed by atoms with E-state index >= 15 is 0 Å². The number of aromatic amines is 1. The number of aromatic nitrogens is 3. The molecule has 0 unspecified atom stereocenters. The second-order valence-corrected chi connectivity index (χ2v) is 5.10. The molecule has 8 heteroatoms. The number of thiazole rings is 1. The van der Waals surface area contributed by atoms with Crippen LogP contribution in [0.1, 0.15) is 0 Å². The Morgan fingerprint density at radius 3 is 3.24 bits per heavy atom. The Kier molecular flexibility index (Phi) is 3.80. The van der Waals surface area contributed by atoms with Gasteiger partial charge in [0.2, 0.25) is 0 Å². The van der Waals surface area contributed by atoms with Crippen LogP contribution in [0.2, 0.25) is 0 Å². The van der Waals surface area contributed by atoms with E-state index in [0.717, 1.165) is 22.3 Å². The molecule has 3 aromatic rings. The molecule has 108 valence electrons. The van der Waals surface area contributed by atoms with Gasteiger partial charge in [0.15, 0.2) is 5.13 Å². The molecule has 3 rings (SSSR count). The van der Waals surface area contributed by atoms with E-state index in [9.17, 15) is 4.79 Å². The summed E-state index contributed by atoms with van der Waals surface area (Å²) in [4.78, 5) is 23.2. The molecule has 0 saturated heterocycles. The molecule has 0 fully saturated rings. The number of fused-ring (bicyclic) bond motifs is 1. The van der Waals surface area contributed by atoms with Crippen molar-refractivity contribution in [3.05, 3.63) is 29.9 Å². The van der Waals surface area contributed by atoms with Crippen LogP contribution in [0.3, 0.4) is 0 Å². The van der Waals surface area contributed by atoms with Crippen LogP contribution in [0.5, 0.6) is 0 Å². The highest BCUT2D eigenvalue weighted by atomic mass is 32.1. The molecule has 0 bridgehead atoms. The maximum atomic E-state index is 11.5. The minimum Gasteiger partial charge on any atom is -0.395 e. The lowest BCUT2D eigenvalue weighted by molar-refractivity contribution is 0.245. The lowest BCUT2D eigenvalue weighted by Gasteiger charge is -2.02. The molecule has 0 aromatic carbocycles. The number of pyridine rings is 1. The molecule has 0 aliphatic carbocycles. The highest BCUT2D eigenvalue weighted by Crippen LogP contribution is 2.30. The van der Waals surface area contributed by atoms with Crippen LogP contribution < -0.4 is 10.6 Å². The minimum absolute atomic E-state index is 0.0983. The van der Waals surface area contributed by atoms with Crippen molar-refractivity contribution in [2.24, 2.45) is 0 Å². The molecule has 3 aromatic heterocycles. The number of nitrogens with zero attached hydrogens (tertiary/aromatic N) is 2. The van der Waals surface area contributed by atoms with E-state index in [-0.39, 0.29) is 19.2 Å². The number of carbonyl (C=O) groups is 1. The third-order valence-electron chi connectivity index (χ3n) is 2.85. The smallest absolute Gasteiger partial charge is 0.321 e. The second-order valence-electron chi connectivity index (χ2n) is 4.24. The molecule has 0 spiro atoms. The fourth-order valence-corrected chi connectivity index (χ4v) is 2.64. The molecule has 0 saturated carbocycles.